The molecule has 0 saturated heterocycles. The van der Waals surface area contributed by atoms with Gasteiger partial charge in [-0.25, -0.2) is 0 Å². The number of nitrogens with zero attached hydrogens (tertiary/aromatic N) is 1. The Labute approximate surface area is 110 Å². The lowest BCUT2D eigenvalue weighted by atomic mass is 10.1. The quantitative estimate of drug-likeness (QED) is 0.890. The molecular weight excluding hydrogens is 246 g/mol. The fourth-order valence-electron chi connectivity index (χ4n) is 1.97. The Morgan fingerprint density at radius 1 is 1.50 bits per heavy atom. The third kappa shape index (κ3) is 2.46. The fourth-order valence-corrected chi connectivity index (χ4v) is 2.89. The van der Waals surface area contributed by atoms with E-state index in [2.05, 4.69) is 33.9 Å². The highest BCUT2D eigenvalue weighted by molar-refractivity contribution is 7.10. The number of hydrogen-bond donors (Lipinski definition) is 2. The summed E-state index contributed by atoms with van der Waals surface area (Å²) in [6, 6.07) is 2.11. The van der Waals surface area contributed by atoms with E-state index in [0.29, 0.717) is 12.1 Å². The molecule has 0 atom stereocenters. The smallest absolute Gasteiger partial charge is 0.255 e. The van der Waals surface area contributed by atoms with Gasteiger partial charge in [0.2, 0.25) is 0 Å². The molecule has 0 bridgehead atoms. The van der Waals surface area contributed by atoms with Gasteiger partial charge < -0.3 is 5.32 Å². The van der Waals surface area contributed by atoms with Gasteiger partial charge in [-0.3, -0.25) is 9.89 Å². The number of H-pyrrole nitrogens is 1. The summed E-state index contributed by atoms with van der Waals surface area (Å²) in [6.07, 6.45) is 0.998. The first-order valence-electron chi connectivity index (χ1n) is 5.98. The molecule has 1 amide bonds. The van der Waals surface area contributed by atoms with E-state index in [0.717, 1.165) is 17.8 Å². The Bertz CT molecular complexity index is 537. The lowest BCUT2D eigenvalue weighted by Crippen LogP contribution is -2.23. The molecule has 2 aromatic rings. The minimum absolute atomic E-state index is 0.0609. The molecule has 0 unspecified atom stereocenters. The van der Waals surface area contributed by atoms with Gasteiger partial charge in [-0.1, -0.05) is 6.92 Å². The maximum absolute atomic E-state index is 12.1. The number of amides is 1. The van der Waals surface area contributed by atoms with Gasteiger partial charge in [0, 0.05) is 10.6 Å². The van der Waals surface area contributed by atoms with Crippen LogP contribution in [0.15, 0.2) is 11.4 Å². The van der Waals surface area contributed by atoms with Crippen LogP contribution in [0, 0.1) is 13.8 Å². The summed E-state index contributed by atoms with van der Waals surface area (Å²) in [4.78, 5) is 13.3. The van der Waals surface area contributed by atoms with E-state index >= 15 is 0 Å². The van der Waals surface area contributed by atoms with E-state index in [9.17, 15) is 4.79 Å². The summed E-state index contributed by atoms with van der Waals surface area (Å²) in [5.74, 6) is -0.0609. The Morgan fingerprint density at radius 3 is 2.89 bits per heavy atom. The molecule has 96 valence electrons. The summed E-state index contributed by atoms with van der Waals surface area (Å²) in [5.41, 5.74) is 3.52. The lowest BCUT2D eigenvalue weighted by molar-refractivity contribution is 0.0950. The highest BCUT2D eigenvalue weighted by atomic mass is 32.1. The molecule has 5 heteroatoms. The van der Waals surface area contributed by atoms with Gasteiger partial charge in [0.15, 0.2) is 0 Å². The zero-order valence-corrected chi connectivity index (χ0v) is 11.6. The molecule has 2 aromatic heterocycles. The molecule has 0 spiro atoms. The third-order valence-electron chi connectivity index (χ3n) is 2.98. The van der Waals surface area contributed by atoms with E-state index in [1.165, 1.54) is 10.4 Å². The topological polar surface area (TPSA) is 57.8 Å². The predicted octanol–water partition coefficient (Wildman–Crippen LogP) is 2.58. The molecule has 2 N–H and O–H groups in total. The van der Waals surface area contributed by atoms with Crippen LogP contribution in [-0.2, 0) is 13.0 Å². The van der Waals surface area contributed by atoms with Crippen LogP contribution < -0.4 is 5.32 Å². The van der Waals surface area contributed by atoms with Crippen LogP contribution in [0.1, 0.15) is 39.1 Å². The largest absolute Gasteiger partial charge is 0.347 e. The Morgan fingerprint density at radius 2 is 2.28 bits per heavy atom. The second kappa shape index (κ2) is 5.35. The minimum Gasteiger partial charge on any atom is -0.347 e. The van der Waals surface area contributed by atoms with Gasteiger partial charge in [0.1, 0.15) is 0 Å². The number of aryl methyl sites for hydroxylation is 3. The van der Waals surface area contributed by atoms with Crippen LogP contribution in [-0.4, -0.2) is 16.1 Å². The number of aromatic amines is 1. The highest BCUT2D eigenvalue weighted by Gasteiger charge is 2.15. The summed E-state index contributed by atoms with van der Waals surface area (Å²) in [7, 11) is 0. The molecule has 4 nitrogen and oxygen atoms in total. The molecule has 0 saturated carbocycles. The van der Waals surface area contributed by atoms with Crippen LogP contribution in [0.5, 0.6) is 0 Å². The first-order valence-corrected chi connectivity index (χ1v) is 6.86. The van der Waals surface area contributed by atoms with E-state index in [4.69, 9.17) is 0 Å². The van der Waals surface area contributed by atoms with Crippen molar-refractivity contribution in [2.45, 2.75) is 33.7 Å². The molecule has 0 radical (unpaired) electrons. The van der Waals surface area contributed by atoms with E-state index in [-0.39, 0.29) is 5.91 Å². The van der Waals surface area contributed by atoms with Crippen molar-refractivity contribution in [1.82, 2.24) is 15.5 Å². The van der Waals surface area contributed by atoms with Crippen LogP contribution in [0.4, 0.5) is 0 Å². The Balaban J connectivity index is 2.05. The van der Waals surface area contributed by atoms with Crippen LogP contribution in [0.3, 0.4) is 0 Å². The maximum atomic E-state index is 12.1. The number of carbonyl (C=O) groups excluding carboxylic acids is 1. The maximum Gasteiger partial charge on any atom is 0.255 e. The molecule has 0 aliphatic heterocycles. The van der Waals surface area contributed by atoms with Crippen molar-refractivity contribution < 1.29 is 4.79 Å². The zero-order chi connectivity index (χ0) is 13.1. The number of hydrogen-bond acceptors (Lipinski definition) is 3. The molecule has 2 rings (SSSR count). The molecule has 18 heavy (non-hydrogen) atoms. The number of aromatic nitrogens is 2. The average molecular weight is 263 g/mol. The van der Waals surface area contributed by atoms with Gasteiger partial charge in [-0.2, -0.15) is 5.10 Å². The van der Waals surface area contributed by atoms with E-state index < -0.39 is 0 Å². The van der Waals surface area contributed by atoms with Crippen molar-refractivity contribution in [1.29, 1.82) is 0 Å². The second-order valence-corrected chi connectivity index (χ2v) is 5.21. The number of thiophene rings is 1. The monoisotopic (exact) mass is 263 g/mol. The van der Waals surface area contributed by atoms with E-state index in [1.54, 1.807) is 11.3 Å². The number of rotatable bonds is 4. The minimum atomic E-state index is -0.0609. The molecule has 0 aliphatic carbocycles. The van der Waals surface area contributed by atoms with Crippen molar-refractivity contribution in [2.75, 3.05) is 0 Å². The molecule has 0 aliphatic rings. The molecule has 2 heterocycles. The normalized spacial score (nSPS) is 10.6. The standard InChI is InChI=1S/C13H17N3OS/c1-4-10-5-6-18-11(10)7-14-13(17)12-8(2)15-16-9(12)3/h5-6H,4,7H2,1-3H3,(H,14,17)(H,15,16). The predicted molar refractivity (Wildman–Crippen MR) is 72.9 cm³/mol. The van der Waals surface area contributed by atoms with Gasteiger partial charge in [-0.05, 0) is 37.3 Å². The van der Waals surface area contributed by atoms with Crippen molar-refractivity contribution in [3.8, 4) is 0 Å². The average Bonchev–Trinajstić information content (AvgIpc) is 2.93. The first kappa shape index (κ1) is 12.8. The summed E-state index contributed by atoms with van der Waals surface area (Å²) < 4.78 is 0. The van der Waals surface area contributed by atoms with Crippen molar-refractivity contribution in [3.63, 3.8) is 0 Å². The fraction of sp³-hybridized carbons (Fsp3) is 0.385. The van der Waals surface area contributed by atoms with Gasteiger partial charge >= 0.3 is 0 Å². The lowest BCUT2D eigenvalue weighted by Gasteiger charge is -2.05. The van der Waals surface area contributed by atoms with Crippen molar-refractivity contribution in [3.05, 3.63) is 38.8 Å². The van der Waals surface area contributed by atoms with Gasteiger partial charge in [0.05, 0.1) is 17.8 Å². The molecular formula is C13H17N3OS. The molecule has 0 aromatic carbocycles. The van der Waals surface area contributed by atoms with Gasteiger partial charge in [-0.15, -0.1) is 11.3 Å². The van der Waals surface area contributed by atoms with Crippen molar-refractivity contribution >= 4 is 17.2 Å². The highest BCUT2D eigenvalue weighted by Crippen LogP contribution is 2.17. The van der Waals surface area contributed by atoms with Crippen LogP contribution in [0.2, 0.25) is 0 Å². The summed E-state index contributed by atoms with van der Waals surface area (Å²) in [6.45, 7) is 6.40. The van der Waals surface area contributed by atoms with E-state index in [1.807, 2.05) is 13.8 Å². The third-order valence-corrected chi connectivity index (χ3v) is 3.95. The zero-order valence-electron chi connectivity index (χ0n) is 10.8. The number of carbonyl (C=O) groups is 1. The number of nitrogens with one attached hydrogen (secondary N) is 2. The molecule has 0 fully saturated rings. The summed E-state index contributed by atoms with van der Waals surface area (Å²) in [5, 5.41) is 11.9. The second-order valence-electron chi connectivity index (χ2n) is 4.21. The van der Waals surface area contributed by atoms with Crippen molar-refractivity contribution in [2.24, 2.45) is 0 Å². The van der Waals surface area contributed by atoms with Crippen LogP contribution >= 0.6 is 11.3 Å². The Kier molecular flexibility index (Phi) is 3.81. The first-order chi connectivity index (χ1) is 8.63. The van der Waals surface area contributed by atoms with Crippen LogP contribution in [0.25, 0.3) is 0 Å². The summed E-state index contributed by atoms with van der Waals surface area (Å²) >= 11 is 1.68. The SMILES string of the molecule is CCc1ccsc1CNC(=O)c1c(C)n[nH]c1C. The Hall–Kier alpha value is -1.62. The van der Waals surface area contributed by atoms with Gasteiger partial charge in [0.25, 0.3) is 5.91 Å².